The van der Waals surface area contributed by atoms with E-state index in [1.807, 2.05) is 12.1 Å². The minimum Gasteiger partial charge on any atom is -0.497 e. The second-order valence-corrected chi connectivity index (χ2v) is 5.94. The van der Waals surface area contributed by atoms with E-state index in [2.05, 4.69) is 32.1 Å². The molecule has 0 aliphatic carbocycles. The zero-order valence-corrected chi connectivity index (χ0v) is 16.3. The Hall–Kier alpha value is -2.69. The molecule has 0 radical (unpaired) electrons. The number of allylic oxidation sites excluding steroid dienone is 2. The molecule has 146 valence electrons. The second kappa shape index (κ2) is 11.1. The van der Waals surface area contributed by atoms with Crippen LogP contribution in [0.5, 0.6) is 17.2 Å². The Morgan fingerprint density at radius 3 is 2.15 bits per heavy atom. The maximum absolute atomic E-state index is 12.5. The zero-order chi connectivity index (χ0) is 19.5. The molecule has 0 atom stereocenters. The Bertz CT molecular complexity index is 832. The molecule has 27 heavy (non-hydrogen) atoms. The van der Waals surface area contributed by atoms with Gasteiger partial charge in [0.25, 0.3) is 0 Å². The summed E-state index contributed by atoms with van der Waals surface area (Å²) in [6.45, 7) is 4.99. The number of fused-ring (bicyclic) bond motifs is 1. The summed E-state index contributed by atoms with van der Waals surface area (Å²) in [6, 6.07) is 5.30. The minimum atomic E-state index is -0.547. The SMILES string of the molecule is CCC=CCCOc1c(OCCC=CCC)c2ccc(OC)cc2oc1=O. The number of hydrogen-bond acceptors (Lipinski definition) is 5. The molecule has 0 amide bonds. The summed E-state index contributed by atoms with van der Waals surface area (Å²) in [5, 5.41) is 0.689. The van der Waals surface area contributed by atoms with Gasteiger partial charge in [-0.15, -0.1) is 0 Å². The van der Waals surface area contributed by atoms with Crippen LogP contribution in [-0.2, 0) is 0 Å². The van der Waals surface area contributed by atoms with Crippen LogP contribution in [0.4, 0.5) is 0 Å². The van der Waals surface area contributed by atoms with Gasteiger partial charge in [-0.2, -0.15) is 0 Å². The molecular weight excluding hydrogens is 344 g/mol. The topological polar surface area (TPSA) is 57.9 Å². The van der Waals surface area contributed by atoms with Crippen molar-refractivity contribution >= 4 is 11.0 Å². The molecule has 0 aliphatic heterocycles. The normalized spacial score (nSPS) is 11.5. The van der Waals surface area contributed by atoms with Crippen molar-refractivity contribution in [2.24, 2.45) is 0 Å². The fraction of sp³-hybridized carbons (Fsp3) is 0.409. The lowest BCUT2D eigenvalue weighted by atomic mass is 10.2. The fourth-order valence-corrected chi connectivity index (χ4v) is 2.56. The summed E-state index contributed by atoms with van der Waals surface area (Å²) in [7, 11) is 1.57. The summed E-state index contributed by atoms with van der Waals surface area (Å²) in [5.74, 6) is 1.16. The first-order chi connectivity index (χ1) is 13.2. The number of benzene rings is 1. The molecule has 0 spiro atoms. The molecule has 2 rings (SSSR count). The lowest BCUT2D eigenvalue weighted by Gasteiger charge is -2.13. The standard InChI is InChI=1S/C22H28O5/c1-4-6-8-10-14-25-20-18-13-12-17(24-3)16-19(18)27-22(23)21(20)26-15-11-9-7-5-2/h6-9,12-13,16H,4-5,10-11,14-15H2,1-3H3. The smallest absolute Gasteiger partial charge is 0.383 e. The van der Waals surface area contributed by atoms with Gasteiger partial charge in [-0.3, -0.25) is 0 Å². The Labute approximate surface area is 160 Å². The van der Waals surface area contributed by atoms with Gasteiger partial charge in [-0.05, 0) is 37.8 Å². The van der Waals surface area contributed by atoms with Crippen molar-refractivity contribution in [3.8, 4) is 17.2 Å². The molecule has 1 heterocycles. The second-order valence-electron chi connectivity index (χ2n) is 5.94. The van der Waals surface area contributed by atoms with Crippen LogP contribution in [0.2, 0.25) is 0 Å². The maximum atomic E-state index is 12.5. The van der Waals surface area contributed by atoms with E-state index in [-0.39, 0.29) is 5.75 Å². The minimum absolute atomic E-state index is 0.122. The summed E-state index contributed by atoms with van der Waals surface area (Å²) in [5.41, 5.74) is -0.133. The molecule has 5 heteroatoms. The van der Waals surface area contributed by atoms with Crippen molar-refractivity contribution in [1.82, 2.24) is 0 Å². The van der Waals surface area contributed by atoms with Gasteiger partial charge < -0.3 is 18.6 Å². The van der Waals surface area contributed by atoms with Gasteiger partial charge in [0.1, 0.15) is 11.3 Å². The largest absolute Gasteiger partial charge is 0.497 e. The van der Waals surface area contributed by atoms with Gasteiger partial charge in [0.05, 0.1) is 25.7 Å². The quantitative estimate of drug-likeness (QED) is 0.305. The van der Waals surface area contributed by atoms with E-state index < -0.39 is 5.63 Å². The molecule has 0 bridgehead atoms. The molecule has 0 fully saturated rings. The summed E-state index contributed by atoms with van der Waals surface area (Å²) >= 11 is 0. The van der Waals surface area contributed by atoms with Gasteiger partial charge in [0.2, 0.25) is 5.75 Å². The molecule has 0 saturated heterocycles. The van der Waals surface area contributed by atoms with E-state index in [4.69, 9.17) is 18.6 Å². The highest BCUT2D eigenvalue weighted by Gasteiger charge is 2.18. The molecule has 0 aliphatic rings. The van der Waals surface area contributed by atoms with E-state index in [1.165, 1.54) is 0 Å². The molecule has 1 aromatic heterocycles. The molecule has 1 aromatic carbocycles. The average Bonchev–Trinajstić information content (AvgIpc) is 2.68. The third-order valence-electron chi connectivity index (χ3n) is 3.89. The van der Waals surface area contributed by atoms with E-state index in [0.29, 0.717) is 42.1 Å². The van der Waals surface area contributed by atoms with E-state index in [1.54, 1.807) is 19.2 Å². The number of hydrogen-bond donors (Lipinski definition) is 0. The highest BCUT2D eigenvalue weighted by molar-refractivity contribution is 5.86. The molecule has 0 N–H and O–H groups in total. The van der Waals surface area contributed by atoms with E-state index >= 15 is 0 Å². The van der Waals surface area contributed by atoms with Crippen LogP contribution < -0.4 is 19.8 Å². The lowest BCUT2D eigenvalue weighted by molar-refractivity contribution is 0.265. The predicted octanol–water partition coefficient (Wildman–Crippen LogP) is 5.27. The monoisotopic (exact) mass is 372 g/mol. The number of methoxy groups -OCH3 is 1. The first-order valence-corrected chi connectivity index (χ1v) is 9.41. The van der Waals surface area contributed by atoms with Crippen molar-refractivity contribution in [3.05, 3.63) is 52.9 Å². The van der Waals surface area contributed by atoms with Crippen LogP contribution >= 0.6 is 0 Å². The molecule has 0 saturated carbocycles. The summed E-state index contributed by atoms with van der Waals surface area (Å²) in [4.78, 5) is 12.5. The Morgan fingerprint density at radius 1 is 0.926 bits per heavy atom. The van der Waals surface area contributed by atoms with Crippen LogP contribution in [0.15, 0.2) is 51.7 Å². The highest BCUT2D eigenvalue weighted by Crippen LogP contribution is 2.34. The van der Waals surface area contributed by atoms with Crippen LogP contribution in [-0.4, -0.2) is 20.3 Å². The highest BCUT2D eigenvalue weighted by atomic mass is 16.5. The molecule has 5 nitrogen and oxygen atoms in total. The van der Waals surface area contributed by atoms with Crippen LogP contribution in [0, 0.1) is 0 Å². The first kappa shape index (κ1) is 20.6. The fourth-order valence-electron chi connectivity index (χ4n) is 2.56. The Morgan fingerprint density at radius 2 is 1.56 bits per heavy atom. The van der Waals surface area contributed by atoms with Gasteiger partial charge in [0, 0.05) is 6.07 Å². The summed E-state index contributed by atoms with van der Waals surface area (Å²) in [6.07, 6.45) is 11.7. The number of rotatable bonds is 11. The van der Waals surface area contributed by atoms with Gasteiger partial charge in [0.15, 0.2) is 5.75 Å². The van der Waals surface area contributed by atoms with Crippen molar-refractivity contribution in [3.63, 3.8) is 0 Å². The van der Waals surface area contributed by atoms with Crippen LogP contribution in [0.25, 0.3) is 11.0 Å². The van der Waals surface area contributed by atoms with Crippen molar-refractivity contribution < 1.29 is 18.6 Å². The van der Waals surface area contributed by atoms with Crippen molar-refractivity contribution in [2.45, 2.75) is 39.5 Å². The van der Waals surface area contributed by atoms with Crippen molar-refractivity contribution in [2.75, 3.05) is 20.3 Å². The molecule has 0 unspecified atom stereocenters. The van der Waals surface area contributed by atoms with Gasteiger partial charge in [-0.25, -0.2) is 4.79 Å². The van der Waals surface area contributed by atoms with Crippen LogP contribution in [0.1, 0.15) is 39.5 Å². The van der Waals surface area contributed by atoms with Gasteiger partial charge >= 0.3 is 5.63 Å². The van der Waals surface area contributed by atoms with Crippen LogP contribution in [0.3, 0.4) is 0 Å². The molecule has 2 aromatic rings. The maximum Gasteiger partial charge on any atom is 0.383 e. The average molecular weight is 372 g/mol. The Kier molecular flexibility index (Phi) is 8.49. The zero-order valence-electron chi connectivity index (χ0n) is 16.3. The third kappa shape index (κ3) is 5.91. The Balaban J connectivity index is 2.31. The van der Waals surface area contributed by atoms with E-state index in [9.17, 15) is 4.79 Å². The van der Waals surface area contributed by atoms with E-state index in [0.717, 1.165) is 19.3 Å². The van der Waals surface area contributed by atoms with Gasteiger partial charge in [-0.1, -0.05) is 38.2 Å². The number of ether oxygens (including phenoxy) is 3. The third-order valence-corrected chi connectivity index (χ3v) is 3.89. The van der Waals surface area contributed by atoms with Crippen molar-refractivity contribution in [1.29, 1.82) is 0 Å². The lowest BCUT2D eigenvalue weighted by Crippen LogP contribution is -2.11. The first-order valence-electron chi connectivity index (χ1n) is 9.41. The summed E-state index contributed by atoms with van der Waals surface area (Å²) < 4.78 is 22.3. The molecular formula is C22H28O5. The predicted molar refractivity (Wildman–Crippen MR) is 108 cm³/mol.